The van der Waals surface area contributed by atoms with Crippen LogP contribution in [-0.2, 0) is 19.5 Å². The van der Waals surface area contributed by atoms with Crippen molar-refractivity contribution in [3.8, 4) is 17.6 Å². The summed E-state index contributed by atoms with van der Waals surface area (Å²) in [5.41, 5.74) is 6.99. The van der Waals surface area contributed by atoms with E-state index in [9.17, 15) is 5.11 Å². The molecule has 1 N–H and O–H groups in total. The van der Waals surface area contributed by atoms with Gasteiger partial charge in [-0.15, -0.1) is 0 Å². The number of aryl methyl sites for hydroxylation is 1. The van der Waals surface area contributed by atoms with E-state index >= 15 is 0 Å². The number of benzene rings is 5. The van der Waals surface area contributed by atoms with Gasteiger partial charge in [-0.2, -0.15) is 0 Å². The van der Waals surface area contributed by atoms with Gasteiger partial charge in [-0.3, -0.25) is 0 Å². The minimum atomic E-state index is 0.275. The normalized spacial score (nSPS) is 10.7. The summed E-state index contributed by atoms with van der Waals surface area (Å²) in [6.07, 6.45) is 3.57. The summed E-state index contributed by atoms with van der Waals surface area (Å²) in [4.78, 5) is 2.35. The fourth-order valence-electron chi connectivity index (χ4n) is 4.73. The van der Waals surface area contributed by atoms with Crippen LogP contribution in [0.25, 0.3) is 10.8 Å². The molecular formula is C36H33NO. The Kier molecular flexibility index (Phi) is 8.07. The van der Waals surface area contributed by atoms with Gasteiger partial charge in [0, 0.05) is 29.9 Å². The second kappa shape index (κ2) is 12.2. The van der Waals surface area contributed by atoms with Crippen LogP contribution in [0, 0.1) is 11.8 Å². The van der Waals surface area contributed by atoms with Crippen LogP contribution < -0.4 is 4.90 Å². The number of aromatic hydroxyl groups is 1. The first-order chi connectivity index (χ1) is 18.7. The van der Waals surface area contributed by atoms with Crippen LogP contribution in [0.1, 0.15) is 47.6 Å². The number of anilines is 1. The molecule has 5 aromatic carbocycles. The van der Waals surface area contributed by atoms with Crippen LogP contribution in [-0.4, -0.2) is 5.11 Å². The largest absolute Gasteiger partial charge is 0.508 e. The van der Waals surface area contributed by atoms with Gasteiger partial charge in [-0.05, 0) is 88.8 Å². The SMILES string of the molecule is CCCCc1ccc(C#Cc2ccc(CN(Cc3cccc4ccccc34)c3ccc(O)cc3)cc2)cc1. The van der Waals surface area contributed by atoms with E-state index in [2.05, 4.69) is 115 Å². The zero-order valence-electron chi connectivity index (χ0n) is 21.9. The highest BCUT2D eigenvalue weighted by Crippen LogP contribution is 2.26. The molecule has 0 unspecified atom stereocenters. The third-order valence-corrected chi connectivity index (χ3v) is 6.91. The minimum Gasteiger partial charge on any atom is -0.508 e. The van der Waals surface area contributed by atoms with Crippen LogP contribution >= 0.6 is 0 Å². The molecule has 0 aliphatic carbocycles. The summed E-state index contributed by atoms with van der Waals surface area (Å²) in [5.74, 6) is 6.89. The Labute approximate surface area is 226 Å². The zero-order valence-corrected chi connectivity index (χ0v) is 21.9. The lowest BCUT2D eigenvalue weighted by molar-refractivity contribution is 0.475. The molecule has 188 valence electrons. The molecule has 0 heterocycles. The predicted octanol–water partition coefficient (Wildman–Crippen LogP) is 8.49. The summed E-state index contributed by atoms with van der Waals surface area (Å²) >= 11 is 0. The maximum Gasteiger partial charge on any atom is 0.115 e. The van der Waals surface area contributed by atoms with Gasteiger partial charge in [0.25, 0.3) is 0 Å². The van der Waals surface area contributed by atoms with Gasteiger partial charge in [-0.1, -0.05) is 91.9 Å². The summed E-state index contributed by atoms with van der Waals surface area (Å²) in [5, 5.41) is 12.4. The third-order valence-electron chi connectivity index (χ3n) is 6.91. The summed E-state index contributed by atoms with van der Waals surface area (Å²) < 4.78 is 0. The number of hydrogen-bond donors (Lipinski definition) is 1. The highest BCUT2D eigenvalue weighted by atomic mass is 16.3. The van der Waals surface area contributed by atoms with Crippen molar-refractivity contribution in [3.63, 3.8) is 0 Å². The predicted molar refractivity (Wildman–Crippen MR) is 159 cm³/mol. The molecule has 0 aromatic heterocycles. The van der Waals surface area contributed by atoms with Gasteiger partial charge in [0.15, 0.2) is 0 Å². The first kappa shape index (κ1) is 25.2. The molecule has 2 heteroatoms. The fraction of sp³-hybridized carbons (Fsp3) is 0.167. The van der Waals surface area contributed by atoms with E-state index in [0.717, 1.165) is 36.3 Å². The molecule has 0 saturated heterocycles. The molecule has 0 spiro atoms. The Morgan fingerprint density at radius 3 is 1.95 bits per heavy atom. The highest BCUT2D eigenvalue weighted by molar-refractivity contribution is 5.85. The molecule has 0 radical (unpaired) electrons. The average molecular weight is 496 g/mol. The van der Waals surface area contributed by atoms with Gasteiger partial charge < -0.3 is 10.0 Å². The van der Waals surface area contributed by atoms with Crippen molar-refractivity contribution in [2.24, 2.45) is 0 Å². The highest BCUT2D eigenvalue weighted by Gasteiger charge is 2.11. The number of phenolic OH excluding ortho intramolecular Hbond substituents is 1. The molecule has 0 atom stereocenters. The lowest BCUT2D eigenvalue weighted by Gasteiger charge is -2.26. The van der Waals surface area contributed by atoms with Crippen LogP contribution in [0.4, 0.5) is 5.69 Å². The summed E-state index contributed by atoms with van der Waals surface area (Å²) in [6.45, 7) is 3.74. The second-order valence-corrected chi connectivity index (χ2v) is 9.76. The van der Waals surface area contributed by atoms with E-state index in [0.29, 0.717) is 0 Å². The molecule has 0 saturated carbocycles. The van der Waals surface area contributed by atoms with E-state index in [1.807, 2.05) is 12.1 Å². The maximum absolute atomic E-state index is 9.84. The molecule has 0 bridgehead atoms. The van der Waals surface area contributed by atoms with E-state index in [-0.39, 0.29) is 5.75 Å². The van der Waals surface area contributed by atoms with Gasteiger partial charge >= 0.3 is 0 Å². The van der Waals surface area contributed by atoms with Crippen molar-refractivity contribution in [2.75, 3.05) is 4.90 Å². The lowest BCUT2D eigenvalue weighted by Crippen LogP contribution is -2.22. The average Bonchev–Trinajstić information content (AvgIpc) is 2.96. The topological polar surface area (TPSA) is 23.5 Å². The fourth-order valence-corrected chi connectivity index (χ4v) is 4.73. The maximum atomic E-state index is 9.84. The molecule has 2 nitrogen and oxygen atoms in total. The van der Waals surface area contributed by atoms with Crippen LogP contribution in [0.2, 0.25) is 0 Å². The Balaban J connectivity index is 1.33. The van der Waals surface area contributed by atoms with E-state index in [4.69, 9.17) is 0 Å². The summed E-state index contributed by atoms with van der Waals surface area (Å²) in [6, 6.07) is 39.6. The van der Waals surface area contributed by atoms with Crippen molar-refractivity contribution in [3.05, 3.63) is 143 Å². The quantitative estimate of drug-likeness (QED) is 0.218. The lowest BCUT2D eigenvalue weighted by atomic mass is 10.0. The number of unbranched alkanes of at least 4 members (excludes halogenated alkanes) is 1. The monoisotopic (exact) mass is 495 g/mol. The molecule has 0 aliphatic rings. The van der Waals surface area contributed by atoms with E-state index in [1.165, 1.54) is 40.3 Å². The zero-order chi connectivity index (χ0) is 26.2. The van der Waals surface area contributed by atoms with Crippen LogP contribution in [0.5, 0.6) is 5.75 Å². The standard InChI is InChI=1S/C36H33NO/c1-2-3-7-28-12-14-29(15-13-28)16-17-30-18-20-31(21-19-30)26-37(34-22-24-35(38)25-23-34)27-33-10-6-9-32-8-4-5-11-36(32)33/h4-6,8-15,18-25,38H,2-3,7,26-27H2,1H3. The first-order valence-electron chi connectivity index (χ1n) is 13.4. The Morgan fingerprint density at radius 2 is 1.26 bits per heavy atom. The second-order valence-electron chi connectivity index (χ2n) is 9.76. The van der Waals surface area contributed by atoms with Gasteiger partial charge in [0.2, 0.25) is 0 Å². The van der Waals surface area contributed by atoms with E-state index in [1.54, 1.807) is 12.1 Å². The van der Waals surface area contributed by atoms with Crippen molar-refractivity contribution in [2.45, 2.75) is 39.3 Å². The van der Waals surface area contributed by atoms with Crippen LogP contribution in [0.15, 0.2) is 115 Å². The molecule has 0 aliphatic heterocycles. The number of phenols is 1. The number of hydrogen-bond acceptors (Lipinski definition) is 2. The molecule has 0 fully saturated rings. The van der Waals surface area contributed by atoms with Crippen molar-refractivity contribution < 1.29 is 5.11 Å². The molecule has 0 amide bonds. The van der Waals surface area contributed by atoms with Crippen molar-refractivity contribution >= 4 is 16.5 Å². The third kappa shape index (κ3) is 6.44. The first-order valence-corrected chi connectivity index (χ1v) is 13.4. The molecule has 38 heavy (non-hydrogen) atoms. The van der Waals surface area contributed by atoms with Gasteiger partial charge in [-0.25, -0.2) is 0 Å². The minimum absolute atomic E-state index is 0.275. The van der Waals surface area contributed by atoms with Crippen molar-refractivity contribution in [1.29, 1.82) is 0 Å². The number of rotatable bonds is 8. The van der Waals surface area contributed by atoms with Gasteiger partial charge in [0.05, 0.1) is 0 Å². The Morgan fingerprint density at radius 1 is 0.632 bits per heavy atom. The van der Waals surface area contributed by atoms with Crippen LogP contribution in [0.3, 0.4) is 0 Å². The van der Waals surface area contributed by atoms with Crippen molar-refractivity contribution in [1.82, 2.24) is 0 Å². The molecular weight excluding hydrogens is 462 g/mol. The molecule has 5 aromatic rings. The Bertz CT molecular complexity index is 1530. The smallest absolute Gasteiger partial charge is 0.115 e. The Hall–Kier alpha value is -4.48. The summed E-state index contributed by atoms with van der Waals surface area (Å²) in [7, 11) is 0. The van der Waals surface area contributed by atoms with Gasteiger partial charge in [0.1, 0.15) is 5.75 Å². The number of fused-ring (bicyclic) bond motifs is 1. The molecule has 5 rings (SSSR count). The van der Waals surface area contributed by atoms with E-state index < -0.39 is 0 Å². The number of nitrogens with zero attached hydrogens (tertiary/aromatic N) is 1.